The third-order valence-corrected chi connectivity index (χ3v) is 7.95. The van der Waals surface area contributed by atoms with Gasteiger partial charge in [0.15, 0.2) is 11.5 Å². The highest BCUT2D eigenvalue weighted by atomic mass is 32.1. The van der Waals surface area contributed by atoms with Gasteiger partial charge >= 0.3 is 0 Å². The zero-order valence-electron chi connectivity index (χ0n) is 21.5. The van der Waals surface area contributed by atoms with E-state index in [1.165, 1.54) is 22.3 Å². The molecule has 1 aliphatic carbocycles. The number of fused-ring (bicyclic) bond motifs is 1. The van der Waals surface area contributed by atoms with Gasteiger partial charge in [-0.15, -0.1) is 21.5 Å². The van der Waals surface area contributed by atoms with Crippen molar-refractivity contribution in [2.75, 3.05) is 6.79 Å². The van der Waals surface area contributed by atoms with Crippen molar-refractivity contribution in [1.82, 2.24) is 30.4 Å². The maximum atomic E-state index is 14.3. The number of benzene rings is 2. The Balaban J connectivity index is 1.31. The first kappa shape index (κ1) is 25.9. The molecule has 0 saturated heterocycles. The van der Waals surface area contributed by atoms with Crippen molar-refractivity contribution in [2.45, 2.75) is 50.9 Å². The molecule has 3 heterocycles. The zero-order chi connectivity index (χ0) is 27.5. The van der Waals surface area contributed by atoms with Crippen molar-refractivity contribution in [3.05, 3.63) is 76.2 Å². The highest BCUT2D eigenvalue weighted by Gasteiger charge is 2.34. The highest BCUT2D eigenvalue weighted by Crippen LogP contribution is 2.34. The molecule has 0 radical (unpaired) electrons. The number of tetrazole rings is 1. The van der Waals surface area contributed by atoms with Crippen molar-refractivity contribution in [1.29, 1.82) is 0 Å². The van der Waals surface area contributed by atoms with Gasteiger partial charge in [-0.3, -0.25) is 9.59 Å². The van der Waals surface area contributed by atoms with Crippen LogP contribution in [0.1, 0.15) is 42.2 Å². The number of nitrogens with one attached hydrogen (secondary N) is 1. The second-order valence-electron chi connectivity index (χ2n) is 9.74. The summed E-state index contributed by atoms with van der Waals surface area (Å²) in [6.45, 7) is -0.0268. The Hall–Kier alpha value is -4.32. The van der Waals surface area contributed by atoms with Crippen LogP contribution in [0.5, 0.6) is 11.5 Å². The maximum absolute atomic E-state index is 14.3. The molecule has 2 aliphatic rings. The Kier molecular flexibility index (Phi) is 7.41. The summed E-state index contributed by atoms with van der Waals surface area (Å²) in [6.07, 6.45) is 3.97. The third-order valence-electron chi connectivity index (χ3n) is 7.03. The fourth-order valence-electron chi connectivity index (χ4n) is 5.05. The predicted molar refractivity (Wildman–Crippen MR) is 144 cm³/mol. The van der Waals surface area contributed by atoms with Crippen molar-refractivity contribution >= 4 is 23.2 Å². The first-order valence-electron chi connectivity index (χ1n) is 13.1. The lowest BCUT2D eigenvalue weighted by molar-refractivity contribution is -0.142. The largest absolute Gasteiger partial charge is 0.454 e. The predicted octanol–water partition coefficient (Wildman–Crippen LogP) is 4.10. The molecule has 1 atom stereocenters. The van der Waals surface area contributed by atoms with Crippen LogP contribution in [0.15, 0.2) is 60.0 Å². The number of carbonyl (C=O) groups is 2. The van der Waals surface area contributed by atoms with Crippen LogP contribution < -0.4 is 14.8 Å². The number of hydrogen-bond donors (Lipinski definition) is 1. The van der Waals surface area contributed by atoms with Gasteiger partial charge in [-0.05, 0) is 59.3 Å². The Morgan fingerprint density at radius 3 is 2.73 bits per heavy atom. The molecule has 0 bridgehead atoms. The van der Waals surface area contributed by atoms with Gasteiger partial charge < -0.3 is 19.7 Å². The van der Waals surface area contributed by atoms with Gasteiger partial charge in [0.1, 0.15) is 18.4 Å². The fraction of sp³-hybridized carbons (Fsp3) is 0.321. The molecule has 12 heteroatoms. The van der Waals surface area contributed by atoms with E-state index in [1.807, 2.05) is 29.6 Å². The molecule has 1 fully saturated rings. The molecule has 1 N–H and O–H groups in total. The molecule has 2 amide bonds. The molecule has 6 rings (SSSR count). The van der Waals surface area contributed by atoms with Crippen LogP contribution in [-0.4, -0.2) is 49.8 Å². The quantitative estimate of drug-likeness (QED) is 0.327. The molecule has 0 spiro atoms. The van der Waals surface area contributed by atoms with E-state index >= 15 is 0 Å². The maximum Gasteiger partial charge on any atom is 0.248 e. The van der Waals surface area contributed by atoms with Crippen molar-refractivity contribution < 1.29 is 23.5 Å². The number of rotatable bonds is 9. The number of nitrogens with zero attached hydrogens (tertiary/aromatic N) is 5. The molecule has 1 saturated carbocycles. The van der Waals surface area contributed by atoms with E-state index in [2.05, 4.69) is 20.7 Å². The summed E-state index contributed by atoms with van der Waals surface area (Å²) in [5.41, 5.74) is 0.956. The standard InChI is InChI=1S/C28H27FN6O4S/c29-21-9-4-3-8-20(21)27-31-33-35(32-27)16-25(36)34(15-18-11-12-22-23(14-18)39-17-38-22)26(24-10-5-13-40-24)28(37)30-19-6-1-2-7-19/h3-5,8-14,19,26H,1-2,6-7,15-17H2,(H,30,37)/t26-/m0/s1. The minimum Gasteiger partial charge on any atom is -0.454 e. The van der Waals surface area contributed by atoms with E-state index in [-0.39, 0.29) is 43.2 Å². The number of halogens is 1. The Morgan fingerprint density at radius 1 is 1.10 bits per heavy atom. The smallest absolute Gasteiger partial charge is 0.248 e. The summed E-state index contributed by atoms with van der Waals surface area (Å²) < 4.78 is 25.2. The first-order valence-corrected chi connectivity index (χ1v) is 14.0. The zero-order valence-corrected chi connectivity index (χ0v) is 22.3. The van der Waals surface area contributed by atoms with Crippen molar-refractivity contribution in [3.63, 3.8) is 0 Å². The van der Waals surface area contributed by atoms with Gasteiger partial charge in [0.05, 0.1) is 5.56 Å². The number of aromatic nitrogens is 4. The summed E-state index contributed by atoms with van der Waals surface area (Å²) in [5, 5.41) is 17.2. The molecule has 0 unspecified atom stereocenters. The number of ether oxygens (including phenoxy) is 2. The average Bonchev–Trinajstić information content (AvgIpc) is 3.77. The average molecular weight is 563 g/mol. The van der Waals surface area contributed by atoms with Crippen LogP contribution in [0.25, 0.3) is 11.4 Å². The van der Waals surface area contributed by atoms with Crippen LogP contribution >= 0.6 is 11.3 Å². The highest BCUT2D eigenvalue weighted by molar-refractivity contribution is 7.10. The molecule has 1 aliphatic heterocycles. The number of amides is 2. The van der Waals surface area contributed by atoms with Crippen molar-refractivity contribution in [3.8, 4) is 22.9 Å². The van der Waals surface area contributed by atoms with Gasteiger partial charge in [0, 0.05) is 17.5 Å². The van der Waals surface area contributed by atoms with Gasteiger partial charge in [-0.2, -0.15) is 4.80 Å². The third kappa shape index (κ3) is 5.53. The van der Waals surface area contributed by atoms with E-state index in [0.717, 1.165) is 40.9 Å². The van der Waals surface area contributed by atoms with Gasteiger partial charge in [-0.25, -0.2) is 4.39 Å². The van der Waals surface area contributed by atoms with E-state index in [1.54, 1.807) is 24.3 Å². The summed E-state index contributed by atoms with van der Waals surface area (Å²) in [5.74, 6) is 0.168. The van der Waals surface area contributed by atoms with Gasteiger partial charge in [-0.1, -0.05) is 37.1 Å². The molecule has 2 aromatic carbocycles. The number of carbonyl (C=O) groups excluding carboxylic acids is 2. The molecular weight excluding hydrogens is 535 g/mol. The Labute approximate surface area is 233 Å². The van der Waals surface area contributed by atoms with E-state index in [0.29, 0.717) is 11.5 Å². The molecule has 4 aromatic rings. The van der Waals surface area contributed by atoms with E-state index < -0.39 is 17.8 Å². The van der Waals surface area contributed by atoms with Gasteiger partial charge in [0.25, 0.3) is 0 Å². The lowest BCUT2D eigenvalue weighted by Gasteiger charge is -2.31. The minimum absolute atomic E-state index is 0.0713. The van der Waals surface area contributed by atoms with Crippen LogP contribution in [0.2, 0.25) is 0 Å². The summed E-state index contributed by atoms with van der Waals surface area (Å²) in [7, 11) is 0. The minimum atomic E-state index is -0.868. The normalized spacial score (nSPS) is 15.2. The van der Waals surface area contributed by atoms with Crippen LogP contribution in [-0.2, 0) is 22.7 Å². The molecule has 2 aromatic heterocycles. The molecule has 10 nitrogen and oxygen atoms in total. The van der Waals surface area contributed by atoms with E-state index in [4.69, 9.17) is 9.47 Å². The Morgan fingerprint density at radius 2 is 1.93 bits per heavy atom. The van der Waals surface area contributed by atoms with Crippen LogP contribution in [0, 0.1) is 5.82 Å². The molecule has 206 valence electrons. The van der Waals surface area contributed by atoms with Gasteiger partial charge in [0.2, 0.25) is 24.4 Å². The molecular formula is C28H27FN6O4S. The van der Waals surface area contributed by atoms with Crippen molar-refractivity contribution in [2.24, 2.45) is 0 Å². The summed E-state index contributed by atoms with van der Waals surface area (Å²) in [4.78, 5) is 31.1. The lowest BCUT2D eigenvalue weighted by atomic mass is 10.1. The second kappa shape index (κ2) is 11.4. The number of hydrogen-bond acceptors (Lipinski definition) is 8. The monoisotopic (exact) mass is 562 g/mol. The molecule has 40 heavy (non-hydrogen) atoms. The number of thiophene rings is 1. The fourth-order valence-corrected chi connectivity index (χ4v) is 5.89. The Bertz CT molecular complexity index is 1500. The second-order valence-corrected chi connectivity index (χ2v) is 10.7. The topological polar surface area (TPSA) is 111 Å². The van der Waals surface area contributed by atoms with Crippen LogP contribution in [0.4, 0.5) is 4.39 Å². The SMILES string of the molecule is O=C(NC1CCCC1)[C@H](c1cccs1)N(Cc1ccc2c(c1)OCO2)C(=O)Cn1nnc(-c2ccccc2F)n1. The first-order chi connectivity index (χ1) is 19.5. The van der Waals surface area contributed by atoms with E-state index in [9.17, 15) is 14.0 Å². The summed E-state index contributed by atoms with van der Waals surface area (Å²) >= 11 is 1.41. The summed E-state index contributed by atoms with van der Waals surface area (Å²) in [6, 6.07) is 14.5. The lowest BCUT2D eigenvalue weighted by Crippen LogP contribution is -2.46. The van der Waals surface area contributed by atoms with Crippen LogP contribution in [0.3, 0.4) is 0 Å².